The van der Waals surface area contributed by atoms with E-state index in [0.717, 1.165) is 75.2 Å². The van der Waals surface area contributed by atoms with E-state index in [1.807, 2.05) is 67.6 Å². The molecule has 0 aromatic heterocycles. The first-order valence-electron chi connectivity index (χ1n) is 16.8. The molecule has 0 aliphatic rings. The topological polar surface area (TPSA) is 65.2 Å². The molecular weight excluding hydrogens is 564 g/mol. The molecule has 46 heavy (non-hydrogen) atoms. The average molecular weight is 617 g/mol. The van der Waals surface area contributed by atoms with Gasteiger partial charge in [0.1, 0.15) is 0 Å². The number of unbranched alkanes of at least 4 members (excludes halogenated alkanes) is 1. The molecule has 0 unspecified atom stereocenters. The molecular formula is C41H52N4O. The van der Waals surface area contributed by atoms with E-state index in [1.165, 1.54) is 11.1 Å². The van der Waals surface area contributed by atoms with Crippen molar-refractivity contribution in [2.45, 2.75) is 50.4 Å². The highest BCUT2D eigenvalue weighted by Crippen LogP contribution is 2.37. The Morgan fingerprint density at radius 2 is 0.804 bits per heavy atom. The Hall–Kier alpha value is -4.19. The Labute approximate surface area is 276 Å². The van der Waals surface area contributed by atoms with E-state index in [2.05, 4.69) is 95.4 Å². The first kappa shape index (κ1) is 34.7. The van der Waals surface area contributed by atoms with Gasteiger partial charge in [-0.15, -0.1) is 0 Å². The Balaban J connectivity index is 1.06. The monoisotopic (exact) mass is 616 g/mol. The molecule has 0 aliphatic carbocycles. The number of carbonyl (C=O) groups is 1. The third-order valence-electron chi connectivity index (χ3n) is 9.10. The second-order valence-electron chi connectivity index (χ2n) is 12.3. The number of rotatable bonds is 20. The van der Waals surface area contributed by atoms with Crippen molar-refractivity contribution in [1.29, 1.82) is 0 Å². The largest absolute Gasteiger partial charge is 0.388 e. The number of nitrogens with one attached hydrogen (secondary N) is 4. The van der Waals surface area contributed by atoms with Gasteiger partial charge in [-0.25, -0.2) is 0 Å². The molecule has 0 saturated carbocycles. The zero-order chi connectivity index (χ0) is 32.5. The third-order valence-corrected chi connectivity index (χ3v) is 9.10. The van der Waals surface area contributed by atoms with Gasteiger partial charge in [-0.2, -0.15) is 0 Å². The second-order valence-corrected chi connectivity index (χ2v) is 12.3. The second kappa shape index (κ2) is 18.1. The number of allylic oxidation sites excluding steroid dienone is 1. The molecule has 5 heteroatoms. The van der Waals surface area contributed by atoms with Crippen molar-refractivity contribution in [1.82, 2.24) is 21.3 Å². The van der Waals surface area contributed by atoms with E-state index in [4.69, 9.17) is 0 Å². The number of hydrogen-bond acceptors (Lipinski definition) is 4. The standard InChI is InChI=1S/C41H52N4O/c1-34(40(2,35-20-8-4-9-21-35)36-22-10-5-11-23-36)44-32-18-30-42-28-16-17-29-43-31-19-33-45-39(46)41(3,37-24-12-6-13-25-37)38-26-14-7-15-27-38/h4-15,20-27,42-44H,1,16-19,28-33H2,2-3H3,(H,45,46). The maximum absolute atomic E-state index is 13.4. The molecule has 0 fully saturated rings. The molecule has 0 bridgehead atoms. The van der Waals surface area contributed by atoms with E-state index < -0.39 is 5.41 Å². The summed E-state index contributed by atoms with van der Waals surface area (Å²) in [6.45, 7) is 14.1. The van der Waals surface area contributed by atoms with Crippen LogP contribution in [0.5, 0.6) is 0 Å². The molecule has 4 rings (SSSR count). The van der Waals surface area contributed by atoms with Crippen LogP contribution >= 0.6 is 0 Å². The summed E-state index contributed by atoms with van der Waals surface area (Å²) >= 11 is 0. The molecule has 5 nitrogen and oxygen atoms in total. The van der Waals surface area contributed by atoms with E-state index in [1.54, 1.807) is 0 Å². The minimum atomic E-state index is -0.724. The predicted molar refractivity (Wildman–Crippen MR) is 193 cm³/mol. The molecule has 4 aromatic rings. The van der Waals surface area contributed by atoms with Crippen LogP contribution in [0.15, 0.2) is 134 Å². The lowest BCUT2D eigenvalue weighted by molar-refractivity contribution is -0.124. The normalized spacial score (nSPS) is 11.6. The average Bonchev–Trinajstić information content (AvgIpc) is 3.12. The first-order chi connectivity index (χ1) is 22.5. The Bertz CT molecular complexity index is 1250. The van der Waals surface area contributed by atoms with Gasteiger partial charge < -0.3 is 21.3 Å². The lowest BCUT2D eigenvalue weighted by Gasteiger charge is -2.34. The number of amides is 1. The minimum Gasteiger partial charge on any atom is -0.388 e. The van der Waals surface area contributed by atoms with Gasteiger partial charge in [0.05, 0.1) is 10.8 Å². The highest BCUT2D eigenvalue weighted by Gasteiger charge is 2.36. The molecule has 0 radical (unpaired) electrons. The number of hydrogen-bond donors (Lipinski definition) is 4. The van der Waals surface area contributed by atoms with Gasteiger partial charge in [0.25, 0.3) is 0 Å². The van der Waals surface area contributed by atoms with Crippen molar-refractivity contribution in [3.05, 3.63) is 156 Å². The van der Waals surface area contributed by atoms with E-state index in [9.17, 15) is 4.79 Å². The summed E-state index contributed by atoms with van der Waals surface area (Å²) in [6, 6.07) is 41.3. The fourth-order valence-corrected chi connectivity index (χ4v) is 6.00. The van der Waals surface area contributed by atoms with Gasteiger partial charge in [-0.1, -0.05) is 128 Å². The van der Waals surface area contributed by atoms with Crippen LogP contribution in [-0.4, -0.2) is 45.2 Å². The van der Waals surface area contributed by atoms with Crippen LogP contribution in [0.2, 0.25) is 0 Å². The quantitative estimate of drug-likeness (QED) is 0.0811. The maximum atomic E-state index is 13.4. The molecule has 0 heterocycles. The minimum absolute atomic E-state index is 0.0388. The molecule has 0 atom stereocenters. The summed E-state index contributed by atoms with van der Waals surface area (Å²) in [6.07, 6.45) is 4.20. The van der Waals surface area contributed by atoms with Crippen molar-refractivity contribution < 1.29 is 4.79 Å². The number of benzene rings is 4. The van der Waals surface area contributed by atoms with Gasteiger partial charge in [0, 0.05) is 18.8 Å². The SMILES string of the molecule is C=C(NCCCNCCCCNCCCNC(=O)C(C)(c1ccccc1)c1ccccc1)C(C)(c1ccccc1)c1ccccc1. The number of carbonyl (C=O) groups excluding carboxylic acids is 1. The highest BCUT2D eigenvalue weighted by atomic mass is 16.2. The summed E-state index contributed by atoms with van der Waals surface area (Å²) in [5.41, 5.74) is 4.49. The smallest absolute Gasteiger partial charge is 0.234 e. The fraction of sp³-hybridized carbons (Fsp3) is 0.341. The lowest BCUT2D eigenvalue weighted by atomic mass is 9.74. The lowest BCUT2D eigenvalue weighted by Crippen LogP contribution is -2.43. The third kappa shape index (κ3) is 9.18. The summed E-state index contributed by atoms with van der Waals surface area (Å²) in [5, 5.41) is 13.9. The molecule has 4 aromatic carbocycles. The van der Waals surface area contributed by atoms with Crippen LogP contribution in [0.3, 0.4) is 0 Å². The molecule has 242 valence electrons. The van der Waals surface area contributed by atoms with Crippen LogP contribution in [0.4, 0.5) is 0 Å². The predicted octanol–water partition coefficient (Wildman–Crippen LogP) is 6.96. The molecule has 0 aliphatic heterocycles. The van der Waals surface area contributed by atoms with Gasteiger partial charge in [-0.3, -0.25) is 4.79 Å². The van der Waals surface area contributed by atoms with Gasteiger partial charge in [0.2, 0.25) is 5.91 Å². The summed E-state index contributed by atoms with van der Waals surface area (Å²) in [7, 11) is 0. The van der Waals surface area contributed by atoms with Crippen molar-refractivity contribution >= 4 is 5.91 Å². The molecule has 0 saturated heterocycles. The highest BCUT2D eigenvalue weighted by molar-refractivity contribution is 5.91. The maximum Gasteiger partial charge on any atom is 0.234 e. The van der Waals surface area contributed by atoms with E-state index >= 15 is 0 Å². The van der Waals surface area contributed by atoms with Crippen LogP contribution < -0.4 is 21.3 Å². The van der Waals surface area contributed by atoms with Crippen molar-refractivity contribution in [2.24, 2.45) is 0 Å². The first-order valence-corrected chi connectivity index (χ1v) is 16.8. The van der Waals surface area contributed by atoms with Crippen LogP contribution in [0.1, 0.15) is 61.8 Å². The zero-order valence-corrected chi connectivity index (χ0v) is 27.7. The van der Waals surface area contributed by atoms with Gasteiger partial charge in [0.15, 0.2) is 0 Å². The van der Waals surface area contributed by atoms with Gasteiger partial charge >= 0.3 is 0 Å². The van der Waals surface area contributed by atoms with Crippen molar-refractivity contribution in [2.75, 3.05) is 39.3 Å². The van der Waals surface area contributed by atoms with E-state index in [0.29, 0.717) is 6.54 Å². The van der Waals surface area contributed by atoms with E-state index in [-0.39, 0.29) is 11.3 Å². The fourth-order valence-electron chi connectivity index (χ4n) is 6.00. The molecule has 0 spiro atoms. The summed E-state index contributed by atoms with van der Waals surface area (Å²) < 4.78 is 0. The Kier molecular flexibility index (Phi) is 13.6. The van der Waals surface area contributed by atoms with Gasteiger partial charge in [-0.05, 0) is 88.0 Å². The Morgan fingerprint density at radius 3 is 1.20 bits per heavy atom. The molecule has 1 amide bonds. The van der Waals surface area contributed by atoms with Crippen LogP contribution in [-0.2, 0) is 15.6 Å². The summed E-state index contributed by atoms with van der Waals surface area (Å²) in [5.74, 6) is 0.0388. The summed E-state index contributed by atoms with van der Waals surface area (Å²) in [4.78, 5) is 13.4. The van der Waals surface area contributed by atoms with Crippen LogP contribution in [0.25, 0.3) is 0 Å². The Morgan fingerprint density at radius 1 is 0.478 bits per heavy atom. The zero-order valence-electron chi connectivity index (χ0n) is 27.7. The molecule has 4 N–H and O–H groups in total. The van der Waals surface area contributed by atoms with Crippen LogP contribution in [0, 0.1) is 0 Å². The van der Waals surface area contributed by atoms with Crippen molar-refractivity contribution in [3.8, 4) is 0 Å². The van der Waals surface area contributed by atoms with Crippen molar-refractivity contribution in [3.63, 3.8) is 0 Å².